The van der Waals surface area contributed by atoms with E-state index in [1.165, 1.54) is 0 Å². The Kier molecular flexibility index (Phi) is 5.41. The molecule has 1 heterocycles. The Bertz CT molecular complexity index is 638. The molecule has 1 N–H and O–H groups in total. The third-order valence-corrected chi connectivity index (χ3v) is 5.05. The fourth-order valence-corrected chi connectivity index (χ4v) is 3.63. The molecule has 0 radical (unpaired) electrons. The predicted octanol–water partition coefficient (Wildman–Crippen LogP) is 3.37. The second-order valence-electron chi connectivity index (χ2n) is 6.51. The topological polar surface area (TPSA) is 56.5 Å². The van der Waals surface area contributed by atoms with E-state index in [2.05, 4.69) is 9.55 Å². The molecule has 3 rings (SSSR count). The van der Waals surface area contributed by atoms with E-state index in [0.717, 1.165) is 55.1 Å². The Hall–Kier alpha value is -2.01. The summed E-state index contributed by atoms with van der Waals surface area (Å²) >= 11 is 0. The maximum absolute atomic E-state index is 9.30. The number of imidazole rings is 1. The van der Waals surface area contributed by atoms with Crippen LogP contribution in [0.1, 0.15) is 25.7 Å². The van der Waals surface area contributed by atoms with Gasteiger partial charge in [0.15, 0.2) is 0 Å². The summed E-state index contributed by atoms with van der Waals surface area (Å²) in [6.45, 7) is 1.26. The van der Waals surface area contributed by atoms with Crippen molar-refractivity contribution in [3.63, 3.8) is 0 Å². The monoisotopic (exact) mass is 330 g/mol. The Balaban J connectivity index is 1.84. The minimum atomic E-state index is 0.321. The zero-order valence-electron chi connectivity index (χ0n) is 14.4. The quantitative estimate of drug-likeness (QED) is 0.882. The molecule has 1 aromatic heterocycles. The molecule has 1 saturated carbocycles. The largest absolute Gasteiger partial charge is 0.496 e. The fraction of sp³-hybridized carbons (Fsp3) is 0.526. The molecule has 0 atom stereocenters. The van der Waals surface area contributed by atoms with Gasteiger partial charge < -0.3 is 19.1 Å². The van der Waals surface area contributed by atoms with Crippen LogP contribution in [0.25, 0.3) is 11.4 Å². The Labute approximate surface area is 143 Å². The highest BCUT2D eigenvalue weighted by molar-refractivity contribution is 5.72. The van der Waals surface area contributed by atoms with Crippen molar-refractivity contribution in [1.82, 2.24) is 9.55 Å². The minimum Gasteiger partial charge on any atom is -0.496 e. The van der Waals surface area contributed by atoms with Gasteiger partial charge in [0, 0.05) is 25.5 Å². The number of aliphatic hydroxyl groups is 1. The number of rotatable bonds is 6. The minimum absolute atomic E-state index is 0.321. The zero-order valence-corrected chi connectivity index (χ0v) is 14.4. The SMILES string of the molecule is COc1cccc(OC)c1-c1nccn1CC1CCC(CO)CC1. The molecule has 0 amide bonds. The number of hydrogen-bond donors (Lipinski definition) is 1. The van der Waals surface area contributed by atoms with E-state index in [1.807, 2.05) is 30.6 Å². The normalized spacial score (nSPS) is 20.8. The van der Waals surface area contributed by atoms with E-state index >= 15 is 0 Å². The maximum Gasteiger partial charge on any atom is 0.147 e. The summed E-state index contributed by atoms with van der Waals surface area (Å²) < 4.78 is 13.2. The number of ether oxygens (including phenoxy) is 2. The van der Waals surface area contributed by atoms with Gasteiger partial charge in [0.05, 0.1) is 14.2 Å². The van der Waals surface area contributed by atoms with Gasteiger partial charge in [-0.05, 0) is 49.7 Å². The van der Waals surface area contributed by atoms with Gasteiger partial charge in [-0.2, -0.15) is 0 Å². The molecule has 1 aliphatic carbocycles. The lowest BCUT2D eigenvalue weighted by atomic mass is 9.82. The summed E-state index contributed by atoms with van der Waals surface area (Å²) in [5, 5.41) is 9.30. The molecule has 1 fully saturated rings. The second-order valence-corrected chi connectivity index (χ2v) is 6.51. The van der Waals surface area contributed by atoms with E-state index in [1.54, 1.807) is 14.2 Å². The van der Waals surface area contributed by atoms with Crippen LogP contribution in [0.3, 0.4) is 0 Å². The van der Waals surface area contributed by atoms with Gasteiger partial charge in [0.1, 0.15) is 22.9 Å². The van der Waals surface area contributed by atoms with Gasteiger partial charge in [-0.25, -0.2) is 4.98 Å². The summed E-state index contributed by atoms with van der Waals surface area (Å²) in [6, 6.07) is 5.79. The van der Waals surface area contributed by atoms with Crippen LogP contribution in [0.2, 0.25) is 0 Å². The highest BCUT2D eigenvalue weighted by Gasteiger charge is 2.23. The molecule has 0 unspecified atom stereocenters. The lowest BCUT2D eigenvalue weighted by molar-refractivity contribution is 0.161. The third-order valence-electron chi connectivity index (χ3n) is 5.05. The first-order valence-electron chi connectivity index (χ1n) is 8.60. The molecule has 130 valence electrons. The first-order chi connectivity index (χ1) is 11.8. The maximum atomic E-state index is 9.30. The van der Waals surface area contributed by atoms with E-state index < -0.39 is 0 Å². The summed E-state index contributed by atoms with van der Waals surface area (Å²) in [5.41, 5.74) is 0.900. The van der Waals surface area contributed by atoms with Crippen LogP contribution in [-0.2, 0) is 6.54 Å². The molecule has 5 heteroatoms. The van der Waals surface area contributed by atoms with Gasteiger partial charge in [0.25, 0.3) is 0 Å². The number of hydrogen-bond acceptors (Lipinski definition) is 4. The van der Waals surface area contributed by atoms with Crippen LogP contribution in [0.15, 0.2) is 30.6 Å². The predicted molar refractivity (Wildman–Crippen MR) is 93.3 cm³/mol. The van der Waals surface area contributed by atoms with E-state index in [4.69, 9.17) is 9.47 Å². The number of benzene rings is 1. The number of aromatic nitrogens is 2. The standard InChI is InChI=1S/C19H26N2O3/c1-23-16-4-3-5-17(24-2)18(16)19-20-10-11-21(19)12-14-6-8-15(13-22)9-7-14/h3-5,10-11,14-15,22H,6-9,12-13H2,1-2H3. The zero-order chi connectivity index (χ0) is 16.9. The van der Waals surface area contributed by atoms with Crippen molar-refractivity contribution < 1.29 is 14.6 Å². The van der Waals surface area contributed by atoms with Crippen molar-refractivity contribution in [2.24, 2.45) is 11.8 Å². The van der Waals surface area contributed by atoms with Crippen molar-refractivity contribution in [2.75, 3.05) is 20.8 Å². The van der Waals surface area contributed by atoms with Gasteiger partial charge in [-0.1, -0.05) is 6.07 Å². The van der Waals surface area contributed by atoms with Crippen molar-refractivity contribution in [2.45, 2.75) is 32.2 Å². The molecule has 1 aliphatic rings. The van der Waals surface area contributed by atoms with E-state index in [9.17, 15) is 5.11 Å². The van der Waals surface area contributed by atoms with Crippen molar-refractivity contribution in [3.05, 3.63) is 30.6 Å². The Morgan fingerprint density at radius 3 is 2.29 bits per heavy atom. The lowest BCUT2D eigenvalue weighted by Gasteiger charge is -2.28. The van der Waals surface area contributed by atoms with E-state index in [-0.39, 0.29) is 0 Å². The second kappa shape index (κ2) is 7.71. The molecule has 1 aromatic carbocycles. The van der Waals surface area contributed by atoms with Crippen LogP contribution in [0.4, 0.5) is 0 Å². The third kappa shape index (κ3) is 3.41. The average Bonchev–Trinajstić information content (AvgIpc) is 3.09. The van der Waals surface area contributed by atoms with Gasteiger partial charge in [-0.15, -0.1) is 0 Å². The molecule has 5 nitrogen and oxygen atoms in total. The van der Waals surface area contributed by atoms with Gasteiger partial charge >= 0.3 is 0 Å². The molecule has 0 aliphatic heterocycles. The fourth-order valence-electron chi connectivity index (χ4n) is 3.63. The average molecular weight is 330 g/mol. The smallest absolute Gasteiger partial charge is 0.147 e. The number of nitrogens with zero attached hydrogens (tertiary/aromatic N) is 2. The Morgan fingerprint density at radius 2 is 1.71 bits per heavy atom. The van der Waals surface area contributed by atoms with Gasteiger partial charge in [-0.3, -0.25) is 0 Å². The molecule has 0 spiro atoms. The molecular formula is C19H26N2O3. The number of aliphatic hydroxyl groups excluding tert-OH is 1. The van der Waals surface area contributed by atoms with Crippen LogP contribution in [-0.4, -0.2) is 35.5 Å². The van der Waals surface area contributed by atoms with Gasteiger partial charge in [0.2, 0.25) is 0 Å². The Morgan fingerprint density at radius 1 is 1.08 bits per heavy atom. The summed E-state index contributed by atoms with van der Waals surface area (Å²) in [6.07, 6.45) is 8.41. The highest BCUT2D eigenvalue weighted by atomic mass is 16.5. The molecule has 0 saturated heterocycles. The summed E-state index contributed by atoms with van der Waals surface area (Å²) in [4.78, 5) is 4.56. The number of methoxy groups -OCH3 is 2. The van der Waals surface area contributed by atoms with Crippen LogP contribution in [0.5, 0.6) is 11.5 Å². The van der Waals surface area contributed by atoms with Crippen LogP contribution >= 0.6 is 0 Å². The molecule has 24 heavy (non-hydrogen) atoms. The van der Waals surface area contributed by atoms with Crippen LogP contribution < -0.4 is 9.47 Å². The van der Waals surface area contributed by atoms with Crippen LogP contribution in [0, 0.1) is 11.8 Å². The summed E-state index contributed by atoms with van der Waals surface area (Å²) in [5.74, 6) is 3.53. The molecule has 2 aromatic rings. The van der Waals surface area contributed by atoms with Crippen molar-refractivity contribution in [1.29, 1.82) is 0 Å². The van der Waals surface area contributed by atoms with E-state index in [0.29, 0.717) is 18.4 Å². The first kappa shape index (κ1) is 16.8. The van der Waals surface area contributed by atoms with Crippen molar-refractivity contribution in [3.8, 4) is 22.9 Å². The highest BCUT2D eigenvalue weighted by Crippen LogP contribution is 2.38. The molecular weight excluding hydrogens is 304 g/mol. The first-order valence-corrected chi connectivity index (χ1v) is 8.60. The lowest BCUT2D eigenvalue weighted by Crippen LogP contribution is -2.21. The molecule has 0 bridgehead atoms. The summed E-state index contributed by atoms with van der Waals surface area (Å²) in [7, 11) is 3.34. The van der Waals surface area contributed by atoms with Crippen molar-refractivity contribution >= 4 is 0 Å².